The molecule has 0 saturated carbocycles. The molecule has 0 aromatic heterocycles. The van der Waals surface area contributed by atoms with Crippen molar-refractivity contribution >= 4 is 41.1 Å². The van der Waals surface area contributed by atoms with Crippen molar-refractivity contribution in [2.45, 2.75) is 6.92 Å². The molecule has 8 nitrogen and oxygen atoms in total. The van der Waals surface area contributed by atoms with E-state index in [0.717, 1.165) is 5.01 Å². The molecule has 0 bridgehead atoms. The minimum absolute atomic E-state index is 0.0831. The van der Waals surface area contributed by atoms with Crippen molar-refractivity contribution in [2.75, 3.05) is 18.4 Å². The van der Waals surface area contributed by atoms with E-state index in [1.807, 2.05) is 0 Å². The Morgan fingerprint density at radius 1 is 1.21 bits per heavy atom. The molecule has 1 N–H and O–H groups in total. The van der Waals surface area contributed by atoms with E-state index in [2.05, 4.69) is 5.43 Å². The number of nitrogens with one attached hydrogen (secondary N) is 1. The molecular formula is C20H15ClN2O6. The molecule has 0 aliphatic carbocycles. The topological polar surface area (TPSA) is 94.2 Å². The van der Waals surface area contributed by atoms with Gasteiger partial charge in [-0.3, -0.25) is 15.0 Å². The number of ether oxygens (including phenoxy) is 3. The van der Waals surface area contributed by atoms with Crippen LogP contribution in [0.4, 0.5) is 5.69 Å². The maximum atomic E-state index is 12.8. The Morgan fingerprint density at radius 2 is 1.90 bits per heavy atom. The van der Waals surface area contributed by atoms with Gasteiger partial charge < -0.3 is 14.2 Å². The van der Waals surface area contributed by atoms with Crippen LogP contribution >= 0.6 is 11.6 Å². The Balaban J connectivity index is 1.59. The van der Waals surface area contributed by atoms with Gasteiger partial charge >= 0.3 is 5.97 Å². The highest BCUT2D eigenvalue weighted by molar-refractivity contribution is 6.34. The Hall–Kier alpha value is -3.52. The summed E-state index contributed by atoms with van der Waals surface area (Å²) in [7, 11) is 0. The summed E-state index contributed by atoms with van der Waals surface area (Å²) in [6.07, 6.45) is 1.40. The lowest BCUT2D eigenvalue weighted by Gasteiger charge is -2.14. The Morgan fingerprint density at radius 3 is 2.59 bits per heavy atom. The molecule has 2 aromatic rings. The third-order valence-corrected chi connectivity index (χ3v) is 4.65. The zero-order valence-electron chi connectivity index (χ0n) is 15.2. The van der Waals surface area contributed by atoms with E-state index < -0.39 is 17.8 Å². The number of nitrogens with zero attached hydrogens (tertiary/aromatic N) is 1. The Labute approximate surface area is 170 Å². The molecule has 148 valence electrons. The second kappa shape index (κ2) is 7.48. The number of halogens is 1. The molecule has 1 fully saturated rings. The molecule has 29 heavy (non-hydrogen) atoms. The first-order chi connectivity index (χ1) is 14.0. The molecule has 0 atom stereocenters. The zero-order valence-corrected chi connectivity index (χ0v) is 16.0. The highest BCUT2D eigenvalue weighted by Crippen LogP contribution is 2.38. The summed E-state index contributed by atoms with van der Waals surface area (Å²) in [5.74, 6) is -0.596. The highest BCUT2D eigenvalue weighted by Gasteiger charge is 2.35. The van der Waals surface area contributed by atoms with Crippen LogP contribution in [0.5, 0.6) is 11.5 Å². The van der Waals surface area contributed by atoms with Crippen molar-refractivity contribution in [3.8, 4) is 11.5 Å². The van der Waals surface area contributed by atoms with Gasteiger partial charge in [-0.25, -0.2) is 9.80 Å². The number of hydrogen-bond donors (Lipinski definition) is 1. The molecule has 2 aliphatic rings. The van der Waals surface area contributed by atoms with Crippen molar-refractivity contribution in [3.05, 3.63) is 58.1 Å². The number of hydrazine groups is 1. The van der Waals surface area contributed by atoms with Crippen molar-refractivity contribution in [3.63, 3.8) is 0 Å². The maximum absolute atomic E-state index is 12.8. The van der Waals surface area contributed by atoms with Gasteiger partial charge in [-0.1, -0.05) is 11.6 Å². The van der Waals surface area contributed by atoms with Gasteiger partial charge in [0.15, 0.2) is 11.5 Å². The summed E-state index contributed by atoms with van der Waals surface area (Å²) in [6.45, 7) is 2.06. The molecule has 2 aliphatic heterocycles. The molecule has 0 unspecified atom stereocenters. The summed E-state index contributed by atoms with van der Waals surface area (Å²) in [5, 5.41) is 1.42. The van der Waals surface area contributed by atoms with Gasteiger partial charge in [0.05, 0.1) is 22.9 Å². The lowest BCUT2D eigenvalue weighted by molar-refractivity contribution is -0.117. The second-order valence-corrected chi connectivity index (χ2v) is 6.54. The van der Waals surface area contributed by atoms with Crippen LogP contribution in [0.2, 0.25) is 5.02 Å². The van der Waals surface area contributed by atoms with Crippen LogP contribution in [0.3, 0.4) is 0 Å². The predicted octanol–water partition coefficient (Wildman–Crippen LogP) is 2.71. The van der Waals surface area contributed by atoms with Crippen LogP contribution < -0.4 is 19.9 Å². The van der Waals surface area contributed by atoms with Gasteiger partial charge in [0.1, 0.15) is 5.57 Å². The van der Waals surface area contributed by atoms with Crippen LogP contribution in [0.15, 0.2) is 42.0 Å². The molecule has 9 heteroatoms. The number of anilines is 1. The largest absolute Gasteiger partial charge is 0.462 e. The highest BCUT2D eigenvalue weighted by atomic mass is 35.5. The number of carbonyl (C=O) groups excluding carboxylic acids is 3. The quantitative estimate of drug-likeness (QED) is 0.469. The van der Waals surface area contributed by atoms with Gasteiger partial charge in [0.25, 0.3) is 11.8 Å². The molecule has 1 saturated heterocycles. The predicted molar refractivity (Wildman–Crippen MR) is 104 cm³/mol. The number of benzene rings is 2. The molecule has 2 heterocycles. The first-order valence-corrected chi connectivity index (χ1v) is 9.09. The summed E-state index contributed by atoms with van der Waals surface area (Å²) in [5.41, 5.74) is 3.61. The zero-order chi connectivity index (χ0) is 20.5. The Kier molecular flexibility index (Phi) is 4.85. The summed E-state index contributed by atoms with van der Waals surface area (Å²) < 4.78 is 15.5. The molecule has 0 spiro atoms. The van der Waals surface area contributed by atoms with E-state index in [4.69, 9.17) is 25.8 Å². The maximum Gasteiger partial charge on any atom is 0.338 e. The lowest BCUT2D eigenvalue weighted by Crippen LogP contribution is -2.35. The van der Waals surface area contributed by atoms with Gasteiger partial charge in [-0.05, 0) is 48.9 Å². The molecule has 2 amide bonds. The van der Waals surface area contributed by atoms with E-state index in [1.54, 1.807) is 31.2 Å². The standard InChI is InChI=1S/C20H15ClN2O6/c1-2-27-20(26)11-3-5-13(6-4-11)23-19(25)14(18(24)22-23)7-12-8-16-17(9-15(12)21)29-10-28-16/h3-9H,2,10H2,1H3,(H,22,24)/b14-7-. The van der Waals surface area contributed by atoms with Crippen LogP contribution in [0.1, 0.15) is 22.8 Å². The summed E-state index contributed by atoms with van der Waals surface area (Å²) >= 11 is 6.23. The number of carbonyl (C=O) groups is 3. The first-order valence-electron chi connectivity index (χ1n) is 8.71. The molecule has 0 radical (unpaired) electrons. The third kappa shape index (κ3) is 3.50. The molecule has 4 rings (SSSR count). The van der Waals surface area contributed by atoms with E-state index in [-0.39, 0.29) is 19.0 Å². The fraction of sp³-hybridized carbons (Fsp3) is 0.150. The fourth-order valence-corrected chi connectivity index (χ4v) is 3.11. The van der Waals surface area contributed by atoms with Crippen LogP contribution in [0.25, 0.3) is 6.08 Å². The third-order valence-electron chi connectivity index (χ3n) is 4.32. The van der Waals surface area contributed by atoms with Crippen molar-refractivity contribution in [1.29, 1.82) is 0 Å². The number of amides is 2. The van der Waals surface area contributed by atoms with E-state index >= 15 is 0 Å². The van der Waals surface area contributed by atoms with Gasteiger partial charge in [0, 0.05) is 6.07 Å². The molecular weight excluding hydrogens is 400 g/mol. The lowest BCUT2D eigenvalue weighted by atomic mass is 10.1. The number of hydrogen-bond acceptors (Lipinski definition) is 6. The normalized spacial score (nSPS) is 16.3. The van der Waals surface area contributed by atoms with Crippen LogP contribution in [0, 0.1) is 0 Å². The molecule has 2 aromatic carbocycles. The number of esters is 1. The van der Waals surface area contributed by atoms with Crippen molar-refractivity contribution in [2.24, 2.45) is 0 Å². The van der Waals surface area contributed by atoms with Crippen LogP contribution in [-0.2, 0) is 14.3 Å². The SMILES string of the molecule is CCOC(=O)c1ccc(N2NC(=O)/C(=C/c3cc4c(cc3Cl)OCO4)C2=O)cc1. The number of rotatable bonds is 4. The van der Waals surface area contributed by atoms with Crippen LogP contribution in [-0.4, -0.2) is 31.2 Å². The van der Waals surface area contributed by atoms with Crippen molar-refractivity contribution < 1.29 is 28.6 Å². The average Bonchev–Trinajstić information content (AvgIpc) is 3.27. The smallest absolute Gasteiger partial charge is 0.338 e. The average molecular weight is 415 g/mol. The Bertz CT molecular complexity index is 1050. The van der Waals surface area contributed by atoms with Crippen molar-refractivity contribution in [1.82, 2.24) is 5.43 Å². The second-order valence-electron chi connectivity index (χ2n) is 6.13. The number of fused-ring (bicyclic) bond motifs is 1. The van der Waals surface area contributed by atoms with Gasteiger partial charge in [-0.2, -0.15) is 0 Å². The first kappa shape index (κ1) is 18.8. The minimum Gasteiger partial charge on any atom is -0.462 e. The minimum atomic E-state index is -0.571. The van der Waals surface area contributed by atoms with E-state index in [0.29, 0.717) is 33.3 Å². The van der Waals surface area contributed by atoms with E-state index in [9.17, 15) is 14.4 Å². The monoisotopic (exact) mass is 414 g/mol. The summed E-state index contributed by atoms with van der Waals surface area (Å²) in [4.78, 5) is 36.9. The van der Waals surface area contributed by atoms with Gasteiger partial charge in [-0.15, -0.1) is 0 Å². The summed E-state index contributed by atoms with van der Waals surface area (Å²) in [6, 6.07) is 9.29. The van der Waals surface area contributed by atoms with Gasteiger partial charge in [0.2, 0.25) is 6.79 Å². The fourth-order valence-electron chi connectivity index (χ4n) is 2.90. The van der Waals surface area contributed by atoms with E-state index in [1.165, 1.54) is 18.2 Å².